The molecule has 0 aliphatic rings. The smallest absolute Gasteiger partial charge is 0.255 e. The van der Waals surface area contributed by atoms with E-state index >= 15 is 0 Å². The number of allylic oxidation sites excluding steroid dienone is 1. The van der Waals surface area contributed by atoms with Crippen molar-refractivity contribution in [1.82, 2.24) is 0 Å². The summed E-state index contributed by atoms with van der Waals surface area (Å²) in [5.74, 6) is -3.33. The van der Waals surface area contributed by atoms with Crippen molar-refractivity contribution >= 4 is 0 Å². The van der Waals surface area contributed by atoms with E-state index in [0.29, 0.717) is 7.18 Å². The summed E-state index contributed by atoms with van der Waals surface area (Å²) in [6.45, 7) is 0. The van der Waals surface area contributed by atoms with Gasteiger partial charge in [-0.2, -0.15) is 26.3 Å². The predicted octanol–water partition coefficient (Wildman–Crippen LogP) is 3.21. The molecule has 0 aliphatic heterocycles. The van der Waals surface area contributed by atoms with Crippen LogP contribution in [0.4, 0.5) is 30.7 Å². The molecular weight excluding hydrogens is 181 g/mol. The highest BCUT2D eigenvalue weighted by Crippen LogP contribution is 2.29. The highest BCUT2D eigenvalue weighted by molar-refractivity contribution is 4.98. The molecule has 0 aromatic heterocycles. The molecule has 0 aromatic rings. The minimum atomic E-state index is -5.56. The third kappa shape index (κ3) is 5.68. The van der Waals surface area contributed by atoms with Gasteiger partial charge in [0.2, 0.25) is 0 Å². The molecule has 0 amide bonds. The Morgan fingerprint density at radius 3 is 1.18 bits per heavy atom. The van der Waals surface area contributed by atoms with Crippen LogP contribution in [0.2, 0.25) is 0 Å². The van der Waals surface area contributed by atoms with Gasteiger partial charge in [-0.05, 0) is 0 Å². The first-order valence-corrected chi connectivity index (χ1v) is 2.01. The second-order valence-electron chi connectivity index (χ2n) is 1.07. The highest BCUT2D eigenvalue weighted by atomic mass is 19.4. The van der Waals surface area contributed by atoms with Crippen LogP contribution in [-0.4, -0.2) is 13.4 Å². The first-order chi connectivity index (χ1) is 4.85. The van der Waals surface area contributed by atoms with Crippen molar-refractivity contribution in [2.75, 3.05) is 7.18 Å². The Balaban J connectivity index is 0. The van der Waals surface area contributed by atoms with Crippen molar-refractivity contribution in [3.8, 4) is 0 Å². The second-order valence-corrected chi connectivity index (χ2v) is 1.07. The average molecular weight is 184 g/mol. The van der Waals surface area contributed by atoms with Gasteiger partial charge in [0.05, 0.1) is 7.18 Å². The number of hydrogen-bond donors (Lipinski definition) is 0. The van der Waals surface area contributed by atoms with Gasteiger partial charge >= 0.3 is 12.3 Å². The van der Waals surface area contributed by atoms with Crippen LogP contribution in [0.25, 0.3) is 0 Å². The van der Waals surface area contributed by atoms with Crippen molar-refractivity contribution < 1.29 is 30.7 Å². The fourth-order valence-electron chi connectivity index (χ4n) is 0.107. The summed E-state index contributed by atoms with van der Waals surface area (Å²) >= 11 is 0. The van der Waals surface area contributed by atoms with E-state index in [1.165, 1.54) is 0 Å². The first-order valence-electron chi connectivity index (χ1n) is 2.01. The summed E-state index contributed by atoms with van der Waals surface area (Å²) in [4.78, 5) is 0. The molecule has 0 nitrogen and oxygen atoms in total. The molecule has 0 rings (SSSR count). The van der Waals surface area contributed by atoms with Gasteiger partial charge in [-0.25, -0.2) is 0 Å². The molecule has 0 aliphatic carbocycles. The van der Waals surface area contributed by atoms with E-state index in [1.54, 1.807) is 0 Å². The molecule has 0 atom stereocenters. The van der Waals surface area contributed by atoms with Crippen LogP contribution in [0.3, 0.4) is 0 Å². The molecule has 0 heterocycles. The molecule has 0 unspecified atom stereocenters. The van der Waals surface area contributed by atoms with Gasteiger partial charge in [0.1, 0.15) is 0 Å². The minimum absolute atomic E-state index is 0.500. The molecule has 0 radical (unpaired) electrons. The van der Waals surface area contributed by atoms with Crippen LogP contribution in [0, 0.1) is 0 Å². The van der Waals surface area contributed by atoms with Gasteiger partial charge in [-0.1, -0.05) is 0 Å². The van der Waals surface area contributed by atoms with Crippen molar-refractivity contribution in [3.63, 3.8) is 0 Å². The zero-order chi connectivity index (χ0) is 9.65. The molecule has 0 bridgehead atoms. The third-order valence-electron chi connectivity index (χ3n) is 0.415. The maximum atomic E-state index is 11.0. The molecule has 0 N–H and O–H groups in total. The Bertz CT molecular complexity index is 128. The van der Waals surface area contributed by atoms with Crippen LogP contribution in [-0.2, 0) is 0 Å². The van der Waals surface area contributed by atoms with Gasteiger partial charge in [-0.3, -0.25) is 4.39 Å². The minimum Gasteiger partial charge on any atom is -0.255 e. The van der Waals surface area contributed by atoms with Crippen LogP contribution >= 0.6 is 0 Å². The molecule has 0 saturated carbocycles. The van der Waals surface area contributed by atoms with E-state index in [-0.39, 0.29) is 0 Å². The summed E-state index contributed by atoms with van der Waals surface area (Å²) < 4.78 is 74.3. The van der Waals surface area contributed by atoms with Crippen LogP contribution in [0.5, 0.6) is 0 Å². The van der Waals surface area contributed by atoms with Crippen LogP contribution < -0.4 is 0 Å². The lowest BCUT2D eigenvalue weighted by Crippen LogP contribution is -2.08. The summed E-state index contributed by atoms with van der Waals surface area (Å²) in [5, 5.41) is 0. The Labute approximate surface area is 57.3 Å². The zero-order valence-corrected chi connectivity index (χ0v) is 5.15. The maximum Gasteiger partial charge on any atom is 0.448 e. The lowest BCUT2D eigenvalue weighted by Gasteiger charge is -1.98. The molecule has 68 valence electrons. The molecule has 0 saturated heterocycles. The van der Waals surface area contributed by atoms with Crippen molar-refractivity contribution in [2.45, 2.75) is 6.18 Å². The predicted molar refractivity (Wildman–Crippen MR) is 23.4 cm³/mol. The summed E-state index contributed by atoms with van der Waals surface area (Å²) in [7, 11) is 0.500. The van der Waals surface area contributed by atoms with Crippen molar-refractivity contribution in [3.05, 3.63) is 11.9 Å². The van der Waals surface area contributed by atoms with E-state index in [0.717, 1.165) is 0 Å². The molecular formula is C4H3F7. The standard InChI is InChI=1S/C3F6.CH3F/c4-1(2(5)6)3(7,8)9;1-2/h;1H3. The first kappa shape index (κ1) is 12.9. The Kier molecular flexibility index (Phi) is 5.83. The van der Waals surface area contributed by atoms with Crippen LogP contribution in [0.1, 0.15) is 0 Å². The van der Waals surface area contributed by atoms with Gasteiger partial charge in [0.15, 0.2) is 0 Å². The maximum absolute atomic E-state index is 11.0. The van der Waals surface area contributed by atoms with E-state index in [1.807, 2.05) is 0 Å². The number of alkyl halides is 4. The quantitative estimate of drug-likeness (QED) is 0.507. The Hall–Kier alpha value is -0.750. The highest BCUT2D eigenvalue weighted by Gasteiger charge is 2.38. The van der Waals surface area contributed by atoms with E-state index in [2.05, 4.69) is 0 Å². The normalized spacial score (nSPS) is 9.82. The summed E-state index contributed by atoms with van der Waals surface area (Å²) in [5.41, 5.74) is 0. The molecule has 0 fully saturated rings. The van der Waals surface area contributed by atoms with Gasteiger partial charge in [0, 0.05) is 0 Å². The van der Waals surface area contributed by atoms with Crippen LogP contribution in [0.15, 0.2) is 11.9 Å². The largest absolute Gasteiger partial charge is 0.448 e. The Morgan fingerprint density at radius 1 is 0.909 bits per heavy atom. The fourth-order valence-corrected chi connectivity index (χ4v) is 0.107. The number of halogens is 7. The number of hydrogen-bond acceptors (Lipinski definition) is 0. The van der Waals surface area contributed by atoms with Gasteiger partial charge in [-0.15, -0.1) is 0 Å². The van der Waals surface area contributed by atoms with E-state index < -0.39 is 18.1 Å². The summed E-state index contributed by atoms with van der Waals surface area (Å²) in [6.07, 6.45) is -8.90. The molecule has 0 spiro atoms. The SMILES string of the molecule is CF.FC(F)=C(F)C(F)(F)F. The lowest BCUT2D eigenvalue weighted by atomic mass is 10.6. The third-order valence-corrected chi connectivity index (χ3v) is 0.415. The van der Waals surface area contributed by atoms with Gasteiger partial charge < -0.3 is 0 Å². The second kappa shape index (κ2) is 4.97. The summed E-state index contributed by atoms with van der Waals surface area (Å²) in [6, 6.07) is 0. The average Bonchev–Trinajstić information content (AvgIpc) is 1.89. The Morgan fingerprint density at radius 2 is 1.18 bits per heavy atom. The van der Waals surface area contributed by atoms with E-state index in [9.17, 15) is 30.7 Å². The molecule has 11 heavy (non-hydrogen) atoms. The lowest BCUT2D eigenvalue weighted by molar-refractivity contribution is -0.113. The zero-order valence-electron chi connectivity index (χ0n) is 5.15. The van der Waals surface area contributed by atoms with E-state index in [4.69, 9.17) is 0 Å². The fraction of sp³-hybridized carbons (Fsp3) is 0.500. The van der Waals surface area contributed by atoms with Crippen molar-refractivity contribution in [2.24, 2.45) is 0 Å². The monoisotopic (exact) mass is 184 g/mol. The van der Waals surface area contributed by atoms with Gasteiger partial charge in [0.25, 0.3) is 5.83 Å². The molecule has 7 heteroatoms. The van der Waals surface area contributed by atoms with Crippen molar-refractivity contribution in [1.29, 1.82) is 0 Å². The molecule has 0 aromatic carbocycles. The number of rotatable bonds is 0. The topological polar surface area (TPSA) is 0 Å².